The van der Waals surface area contributed by atoms with Gasteiger partial charge in [-0.25, -0.2) is 13.6 Å². The number of carbonyl (C=O) groups excluding carboxylic acids is 1. The predicted molar refractivity (Wildman–Crippen MR) is 72.5 cm³/mol. The molecule has 1 atom stereocenters. The van der Waals surface area contributed by atoms with Crippen LogP contribution in [0, 0.1) is 0 Å². The summed E-state index contributed by atoms with van der Waals surface area (Å²) in [6.45, 7) is 0.992. The van der Waals surface area contributed by atoms with Crippen molar-refractivity contribution in [1.82, 2.24) is 5.32 Å². The van der Waals surface area contributed by atoms with Gasteiger partial charge >= 0.3 is 6.18 Å². The van der Waals surface area contributed by atoms with Gasteiger partial charge in [0.2, 0.25) is 10.0 Å². The Balaban J connectivity index is 2.69. The van der Waals surface area contributed by atoms with Crippen molar-refractivity contribution < 1.29 is 31.1 Å². The Bertz CT molecular complexity index is 632. The second-order valence-corrected chi connectivity index (χ2v) is 6.15. The lowest BCUT2D eigenvalue weighted by atomic mass is 10.2. The van der Waals surface area contributed by atoms with Gasteiger partial charge in [-0.2, -0.15) is 13.2 Å². The minimum absolute atomic E-state index is 0.258. The van der Waals surface area contributed by atoms with Gasteiger partial charge in [-0.1, -0.05) is 12.1 Å². The summed E-state index contributed by atoms with van der Waals surface area (Å²) in [7, 11) is -3.73. The molecule has 0 saturated carbocycles. The van der Waals surface area contributed by atoms with E-state index in [0.29, 0.717) is 0 Å². The molecule has 1 rings (SSSR count). The molecular formula is C12H15F3N2O4S. The Kier molecular flexibility index (Phi) is 5.78. The van der Waals surface area contributed by atoms with Gasteiger partial charge in [-0.05, 0) is 19.1 Å². The first-order valence-corrected chi connectivity index (χ1v) is 7.83. The van der Waals surface area contributed by atoms with E-state index in [-0.39, 0.29) is 6.54 Å². The minimum Gasteiger partial charge on any atom is -0.480 e. The molecule has 6 nitrogen and oxygen atoms in total. The van der Waals surface area contributed by atoms with Gasteiger partial charge in [0.25, 0.3) is 5.91 Å². The quantitative estimate of drug-likeness (QED) is 0.803. The standard InChI is InChI=1S/C12H15F3N2O4S/c1-8(11(18)17-6-7-22(16,19)20)21-10-5-3-2-4-9(10)12(13,14)15/h2-5,8H,6-7H2,1H3,(H,17,18)(H2,16,19,20). The molecule has 0 fully saturated rings. The van der Waals surface area contributed by atoms with Crippen molar-refractivity contribution in [3.63, 3.8) is 0 Å². The molecule has 0 heterocycles. The first kappa shape index (κ1) is 18.2. The number of alkyl halides is 3. The topological polar surface area (TPSA) is 98.5 Å². The number of halogens is 3. The SMILES string of the molecule is CC(Oc1ccccc1C(F)(F)F)C(=O)NCCS(N)(=O)=O. The maximum atomic E-state index is 12.8. The van der Waals surface area contributed by atoms with Gasteiger partial charge < -0.3 is 10.1 Å². The molecule has 0 aliphatic heterocycles. The summed E-state index contributed by atoms with van der Waals surface area (Å²) < 4.78 is 64.7. The van der Waals surface area contributed by atoms with E-state index in [1.807, 2.05) is 0 Å². The van der Waals surface area contributed by atoms with Gasteiger partial charge in [0.1, 0.15) is 5.75 Å². The first-order chi connectivity index (χ1) is 10.0. The number of nitrogens with one attached hydrogen (secondary N) is 1. The lowest BCUT2D eigenvalue weighted by molar-refractivity contribution is -0.140. The van der Waals surface area contributed by atoms with Crippen LogP contribution in [0.5, 0.6) is 5.75 Å². The van der Waals surface area contributed by atoms with Crippen LogP contribution in [0.1, 0.15) is 12.5 Å². The van der Waals surface area contributed by atoms with Crippen LogP contribution in [-0.4, -0.2) is 32.7 Å². The predicted octanol–water partition coefficient (Wildman–Crippen LogP) is 0.877. The zero-order chi connectivity index (χ0) is 17.0. The normalized spacial score (nSPS) is 13.5. The monoisotopic (exact) mass is 340 g/mol. The fourth-order valence-electron chi connectivity index (χ4n) is 1.51. The second kappa shape index (κ2) is 6.97. The van der Waals surface area contributed by atoms with Gasteiger partial charge in [-0.15, -0.1) is 0 Å². The van der Waals surface area contributed by atoms with Crippen LogP contribution in [0.15, 0.2) is 24.3 Å². The molecule has 124 valence electrons. The lowest BCUT2D eigenvalue weighted by Gasteiger charge is -2.18. The third-order valence-electron chi connectivity index (χ3n) is 2.55. The number of amides is 1. The molecule has 0 aliphatic carbocycles. The number of primary sulfonamides is 1. The van der Waals surface area contributed by atoms with Crippen LogP contribution in [0.25, 0.3) is 0 Å². The summed E-state index contributed by atoms with van der Waals surface area (Å²) in [6.07, 6.45) is -5.84. The fourth-order valence-corrected chi connectivity index (χ4v) is 1.89. The molecule has 1 unspecified atom stereocenters. The zero-order valence-corrected chi connectivity index (χ0v) is 12.4. The summed E-state index contributed by atoms with van der Waals surface area (Å²) in [5.74, 6) is -1.71. The molecule has 0 aromatic heterocycles. The lowest BCUT2D eigenvalue weighted by Crippen LogP contribution is -2.39. The van der Waals surface area contributed by atoms with Crippen molar-refractivity contribution in [2.24, 2.45) is 5.14 Å². The summed E-state index contributed by atoms with van der Waals surface area (Å²) >= 11 is 0. The van der Waals surface area contributed by atoms with Crippen molar-refractivity contribution in [3.8, 4) is 5.75 Å². The summed E-state index contributed by atoms with van der Waals surface area (Å²) in [5, 5.41) is 6.97. The van der Waals surface area contributed by atoms with Crippen LogP contribution in [0.3, 0.4) is 0 Å². The van der Waals surface area contributed by atoms with Crippen molar-refractivity contribution in [3.05, 3.63) is 29.8 Å². The minimum atomic E-state index is -4.61. The molecule has 0 bridgehead atoms. The molecule has 0 radical (unpaired) electrons. The van der Waals surface area contributed by atoms with E-state index in [1.165, 1.54) is 19.1 Å². The van der Waals surface area contributed by atoms with Crippen LogP contribution < -0.4 is 15.2 Å². The fraction of sp³-hybridized carbons (Fsp3) is 0.417. The van der Waals surface area contributed by atoms with E-state index < -0.39 is 45.3 Å². The van der Waals surface area contributed by atoms with Crippen molar-refractivity contribution in [1.29, 1.82) is 0 Å². The van der Waals surface area contributed by atoms with E-state index >= 15 is 0 Å². The molecular weight excluding hydrogens is 325 g/mol. The van der Waals surface area contributed by atoms with Crippen molar-refractivity contribution >= 4 is 15.9 Å². The molecule has 3 N–H and O–H groups in total. The highest BCUT2D eigenvalue weighted by molar-refractivity contribution is 7.89. The number of nitrogens with two attached hydrogens (primary N) is 1. The summed E-state index contributed by atoms with van der Waals surface area (Å²) in [4.78, 5) is 11.6. The van der Waals surface area contributed by atoms with Gasteiger partial charge in [0.15, 0.2) is 6.10 Å². The number of ether oxygens (including phenoxy) is 1. The molecule has 0 saturated heterocycles. The van der Waals surface area contributed by atoms with E-state index in [4.69, 9.17) is 9.88 Å². The largest absolute Gasteiger partial charge is 0.480 e. The number of carbonyl (C=O) groups is 1. The second-order valence-electron chi connectivity index (χ2n) is 4.41. The van der Waals surface area contributed by atoms with Gasteiger partial charge in [-0.3, -0.25) is 4.79 Å². The number of sulfonamides is 1. The van der Waals surface area contributed by atoms with Crippen molar-refractivity contribution in [2.75, 3.05) is 12.3 Å². The van der Waals surface area contributed by atoms with E-state index in [2.05, 4.69) is 5.32 Å². The number of hydrogen-bond donors (Lipinski definition) is 2. The maximum Gasteiger partial charge on any atom is 0.419 e. The summed E-state index contributed by atoms with van der Waals surface area (Å²) in [5.41, 5.74) is -1.00. The van der Waals surface area contributed by atoms with Crippen molar-refractivity contribution in [2.45, 2.75) is 19.2 Å². The Labute approximate surface area is 125 Å². The van der Waals surface area contributed by atoms with Crippen LogP contribution in [-0.2, 0) is 21.0 Å². The van der Waals surface area contributed by atoms with E-state index in [0.717, 1.165) is 12.1 Å². The highest BCUT2D eigenvalue weighted by Gasteiger charge is 2.34. The molecule has 10 heteroatoms. The Hall–Kier alpha value is -1.81. The number of benzene rings is 1. The third-order valence-corrected chi connectivity index (χ3v) is 3.32. The summed E-state index contributed by atoms with van der Waals surface area (Å²) in [6, 6.07) is 4.47. The average molecular weight is 340 g/mol. The highest BCUT2D eigenvalue weighted by Crippen LogP contribution is 2.36. The van der Waals surface area contributed by atoms with Crippen LogP contribution in [0.2, 0.25) is 0 Å². The molecule has 1 aromatic carbocycles. The molecule has 1 amide bonds. The van der Waals surface area contributed by atoms with Crippen LogP contribution in [0.4, 0.5) is 13.2 Å². The molecule has 0 aliphatic rings. The number of hydrogen-bond acceptors (Lipinski definition) is 4. The molecule has 1 aromatic rings. The zero-order valence-electron chi connectivity index (χ0n) is 11.6. The highest BCUT2D eigenvalue weighted by atomic mass is 32.2. The van der Waals surface area contributed by atoms with Crippen LogP contribution >= 0.6 is 0 Å². The maximum absolute atomic E-state index is 12.8. The first-order valence-electron chi connectivity index (χ1n) is 6.12. The average Bonchev–Trinajstić information content (AvgIpc) is 2.36. The van der Waals surface area contributed by atoms with Gasteiger partial charge in [0.05, 0.1) is 11.3 Å². The Morgan fingerprint density at radius 3 is 2.50 bits per heavy atom. The Morgan fingerprint density at radius 1 is 1.36 bits per heavy atom. The van der Waals surface area contributed by atoms with E-state index in [9.17, 15) is 26.4 Å². The number of rotatable bonds is 6. The smallest absolute Gasteiger partial charge is 0.419 e. The molecule has 0 spiro atoms. The Morgan fingerprint density at radius 2 is 1.95 bits per heavy atom. The third kappa shape index (κ3) is 5.90. The molecule has 22 heavy (non-hydrogen) atoms. The van der Waals surface area contributed by atoms with E-state index in [1.54, 1.807) is 0 Å². The number of para-hydroxylation sites is 1. The van der Waals surface area contributed by atoms with Gasteiger partial charge in [0, 0.05) is 6.54 Å².